The largest absolute Gasteiger partial charge is 0.376 e. The predicted octanol–water partition coefficient (Wildman–Crippen LogP) is 3.29. The first kappa shape index (κ1) is 17.2. The van der Waals surface area contributed by atoms with Crippen molar-refractivity contribution in [3.05, 3.63) is 47.6 Å². The third-order valence-electron chi connectivity index (χ3n) is 5.34. The summed E-state index contributed by atoms with van der Waals surface area (Å²) in [6.45, 7) is 1.93. The Balaban J connectivity index is 1.29. The first-order chi connectivity index (χ1) is 12.8. The van der Waals surface area contributed by atoms with Crippen molar-refractivity contribution in [3.8, 4) is 0 Å². The predicted molar refractivity (Wildman–Crippen MR) is 95.1 cm³/mol. The molecule has 1 saturated carbocycles. The average molecular weight is 355 g/mol. The van der Waals surface area contributed by atoms with Gasteiger partial charge in [-0.3, -0.25) is 4.79 Å². The van der Waals surface area contributed by atoms with E-state index < -0.39 is 0 Å². The van der Waals surface area contributed by atoms with Crippen LogP contribution in [0.5, 0.6) is 0 Å². The van der Waals surface area contributed by atoms with Gasteiger partial charge in [-0.05, 0) is 31.2 Å². The van der Waals surface area contributed by atoms with Crippen LogP contribution in [0.1, 0.15) is 55.4 Å². The third-order valence-corrected chi connectivity index (χ3v) is 5.34. The number of likely N-dealkylation sites (tertiary alicyclic amines) is 1. The monoisotopic (exact) mass is 355 g/mol. The van der Waals surface area contributed by atoms with Crippen molar-refractivity contribution < 1.29 is 14.1 Å². The summed E-state index contributed by atoms with van der Waals surface area (Å²) in [4.78, 5) is 19.1. The van der Waals surface area contributed by atoms with E-state index in [1.54, 1.807) is 0 Å². The van der Waals surface area contributed by atoms with E-state index in [1.165, 1.54) is 6.42 Å². The van der Waals surface area contributed by atoms with Crippen molar-refractivity contribution in [1.82, 2.24) is 15.0 Å². The van der Waals surface area contributed by atoms with E-state index >= 15 is 0 Å². The van der Waals surface area contributed by atoms with Gasteiger partial charge in [-0.2, -0.15) is 4.98 Å². The average Bonchev–Trinajstić information content (AvgIpc) is 3.27. The van der Waals surface area contributed by atoms with E-state index in [2.05, 4.69) is 10.1 Å². The van der Waals surface area contributed by atoms with Gasteiger partial charge in [0.15, 0.2) is 5.82 Å². The van der Waals surface area contributed by atoms with Crippen LogP contribution in [0.2, 0.25) is 0 Å². The van der Waals surface area contributed by atoms with E-state index in [-0.39, 0.29) is 17.9 Å². The topological polar surface area (TPSA) is 68.5 Å². The van der Waals surface area contributed by atoms with Crippen molar-refractivity contribution in [2.75, 3.05) is 13.2 Å². The summed E-state index contributed by atoms with van der Waals surface area (Å²) in [6, 6.07) is 10.0. The maximum absolute atomic E-state index is 12.6. The zero-order valence-electron chi connectivity index (χ0n) is 15.0. The van der Waals surface area contributed by atoms with Gasteiger partial charge in [-0.25, -0.2) is 0 Å². The van der Waals surface area contributed by atoms with Crippen LogP contribution >= 0.6 is 0 Å². The molecular weight excluding hydrogens is 330 g/mol. The van der Waals surface area contributed by atoms with E-state index in [9.17, 15) is 4.79 Å². The normalized spacial score (nSPS) is 20.3. The van der Waals surface area contributed by atoms with Gasteiger partial charge >= 0.3 is 0 Å². The Morgan fingerprint density at radius 2 is 2.04 bits per heavy atom. The van der Waals surface area contributed by atoms with Crippen LogP contribution in [0.15, 0.2) is 34.9 Å². The third kappa shape index (κ3) is 3.80. The molecule has 1 aliphatic heterocycles. The highest BCUT2D eigenvalue weighted by atomic mass is 16.5. The molecule has 1 saturated heterocycles. The minimum absolute atomic E-state index is 0.0467. The Hall–Kier alpha value is -2.21. The van der Waals surface area contributed by atoms with Gasteiger partial charge in [0, 0.05) is 18.9 Å². The van der Waals surface area contributed by atoms with E-state index in [4.69, 9.17) is 9.26 Å². The van der Waals surface area contributed by atoms with Gasteiger partial charge in [0.05, 0.1) is 13.2 Å². The molecule has 4 rings (SSSR count). The maximum Gasteiger partial charge on any atom is 0.249 e. The van der Waals surface area contributed by atoms with Gasteiger partial charge in [0.2, 0.25) is 11.8 Å². The molecule has 0 bridgehead atoms. The molecule has 6 heteroatoms. The highest BCUT2D eigenvalue weighted by Gasteiger charge is 2.38. The Labute approximate surface area is 153 Å². The molecule has 0 radical (unpaired) electrons. The SMILES string of the molecule is O=C(C1CCC1)N1CCCC1c1nc(CCOCc2ccccc2)no1. The van der Waals surface area contributed by atoms with Crippen LogP contribution in [0.3, 0.4) is 0 Å². The Bertz CT molecular complexity index is 727. The number of nitrogens with zero attached hydrogens (tertiary/aromatic N) is 3. The lowest BCUT2D eigenvalue weighted by Gasteiger charge is -2.31. The second-order valence-corrected chi connectivity index (χ2v) is 7.15. The van der Waals surface area contributed by atoms with Crippen molar-refractivity contribution in [1.29, 1.82) is 0 Å². The number of amides is 1. The molecule has 1 aliphatic carbocycles. The molecule has 1 aromatic heterocycles. The molecule has 2 fully saturated rings. The highest BCUT2D eigenvalue weighted by Crippen LogP contribution is 2.36. The van der Waals surface area contributed by atoms with Crippen LogP contribution in [0.25, 0.3) is 0 Å². The maximum atomic E-state index is 12.6. The number of aromatic nitrogens is 2. The minimum Gasteiger partial charge on any atom is -0.376 e. The number of benzene rings is 1. The number of ether oxygens (including phenoxy) is 1. The summed E-state index contributed by atoms with van der Waals surface area (Å²) in [7, 11) is 0. The lowest BCUT2D eigenvalue weighted by Crippen LogP contribution is -2.38. The van der Waals surface area contributed by atoms with Gasteiger partial charge in [-0.1, -0.05) is 41.9 Å². The molecule has 6 nitrogen and oxygen atoms in total. The van der Waals surface area contributed by atoms with Crippen molar-refractivity contribution in [2.24, 2.45) is 5.92 Å². The second-order valence-electron chi connectivity index (χ2n) is 7.15. The van der Waals surface area contributed by atoms with E-state index in [1.807, 2.05) is 35.2 Å². The van der Waals surface area contributed by atoms with Crippen LogP contribution in [0, 0.1) is 5.92 Å². The number of hydrogen-bond donors (Lipinski definition) is 0. The number of carbonyl (C=O) groups excluding carboxylic acids is 1. The van der Waals surface area contributed by atoms with Gasteiger partial charge < -0.3 is 14.2 Å². The summed E-state index contributed by atoms with van der Waals surface area (Å²) in [6.07, 6.45) is 5.74. The number of carbonyl (C=O) groups is 1. The van der Waals surface area contributed by atoms with Crippen molar-refractivity contribution in [3.63, 3.8) is 0 Å². The molecule has 1 amide bonds. The summed E-state index contributed by atoms with van der Waals surface area (Å²) in [5.74, 6) is 1.71. The smallest absolute Gasteiger partial charge is 0.249 e. The van der Waals surface area contributed by atoms with Crippen LogP contribution in [0.4, 0.5) is 0 Å². The lowest BCUT2D eigenvalue weighted by molar-refractivity contribution is -0.139. The minimum atomic E-state index is -0.0467. The Morgan fingerprint density at radius 1 is 1.19 bits per heavy atom. The highest BCUT2D eigenvalue weighted by molar-refractivity contribution is 5.80. The molecule has 1 unspecified atom stereocenters. The van der Waals surface area contributed by atoms with Crippen LogP contribution in [-0.2, 0) is 22.6 Å². The quantitative estimate of drug-likeness (QED) is 0.713. The fourth-order valence-corrected chi connectivity index (χ4v) is 3.61. The van der Waals surface area contributed by atoms with Crippen molar-refractivity contribution >= 4 is 5.91 Å². The molecule has 26 heavy (non-hydrogen) atoms. The lowest BCUT2D eigenvalue weighted by atomic mass is 9.84. The number of rotatable bonds is 7. The molecule has 138 valence electrons. The standard InChI is InChI=1S/C20H25N3O3/c24-20(16-8-4-9-16)23-12-5-10-17(23)19-21-18(22-26-19)11-13-25-14-15-6-2-1-3-7-15/h1-3,6-7,16-17H,4-5,8-14H2. The van der Waals surface area contributed by atoms with Crippen LogP contribution in [-0.4, -0.2) is 34.1 Å². The molecule has 0 N–H and O–H groups in total. The summed E-state index contributed by atoms with van der Waals surface area (Å²) in [5.41, 5.74) is 1.15. The molecule has 1 atom stereocenters. The first-order valence-electron chi connectivity index (χ1n) is 9.56. The number of hydrogen-bond acceptors (Lipinski definition) is 5. The Kier molecular flexibility index (Phi) is 5.29. The summed E-state index contributed by atoms with van der Waals surface area (Å²) >= 11 is 0. The van der Waals surface area contributed by atoms with Gasteiger partial charge in [0.1, 0.15) is 6.04 Å². The fourth-order valence-electron chi connectivity index (χ4n) is 3.61. The molecule has 1 aromatic carbocycles. The fraction of sp³-hybridized carbons (Fsp3) is 0.550. The van der Waals surface area contributed by atoms with E-state index in [0.717, 1.165) is 37.8 Å². The molecule has 2 aliphatic rings. The molecule has 2 heterocycles. The van der Waals surface area contributed by atoms with Gasteiger partial charge in [-0.15, -0.1) is 0 Å². The second kappa shape index (κ2) is 7.99. The summed E-state index contributed by atoms with van der Waals surface area (Å²) in [5, 5.41) is 4.07. The zero-order chi connectivity index (χ0) is 17.8. The van der Waals surface area contributed by atoms with Gasteiger partial charge in [0.25, 0.3) is 0 Å². The molecular formula is C20H25N3O3. The first-order valence-corrected chi connectivity index (χ1v) is 9.56. The summed E-state index contributed by atoms with van der Waals surface area (Å²) < 4.78 is 11.2. The molecule has 0 spiro atoms. The van der Waals surface area contributed by atoms with E-state index in [0.29, 0.717) is 31.3 Å². The Morgan fingerprint density at radius 3 is 2.81 bits per heavy atom. The molecule has 2 aromatic rings. The zero-order valence-corrected chi connectivity index (χ0v) is 15.0. The van der Waals surface area contributed by atoms with Crippen molar-refractivity contribution in [2.45, 2.75) is 51.2 Å². The van der Waals surface area contributed by atoms with Crippen LogP contribution < -0.4 is 0 Å².